The van der Waals surface area contributed by atoms with E-state index in [1.54, 1.807) is 6.07 Å². The van der Waals surface area contributed by atoms with Gasteiger partial charge in [0.15, 0.2) is 0 Å². The highest BCUT2D eigenvalue weighted by atomic mass is 35.5. The maximum Gasteiger partial charge on any atom is 0.0553 e. The summed E-state index contributed by atoms with van der Waals surface area (Å²) in [4.78, 5) is 0. The number of nitrogens with zero attached hydrogens (tertiary/aromatic N) is 1. The Kier molecular flexibility index (Phi) is 2.29. The van der Waals surface area contributed by atoms with Crippen LogP contribution in [0.4, 0.5) is 0 Å². The third-order valence-corrected chi connectivity index (χ3v) is 1.46. The van der Waals surface area contributed by atoms with Crippen molar-refractivity contribution in [1.29, 1.82) is 0 Å². The standard InChI is InChI=1S/C7H7ClN2/c8-7-4-2-1-3-6(7)5-10-9/h1-5H,9H2/b10-5-. The van der Waals surface area contributed by atoms with Crippen LogP contribution in [0.3, 0.4) is 0 Å². The normalized spacial score (nSPS) is 10.5. The van der Waals surface area contributed by atoms with Gasteiger partial charge in [-0.2, -0.15) is 5.10 Å². The van der Waals surface area contributed by atoms with Crippen LogP contribution in [0.25, 0.3) is 0 Å². The molecule has 10 heavy (non-hydrogen) atoms. The molecule has 0 radical (unpaired) electrons. The third kappa shape index (κ3) is 1.48. The van der Waals surface area contributed by atoms with Crippen LogP contribution in [-0.4, -0.2) is 6.21 Å². The maximum absolute atomic E-state index is 5.76. The van der Waals surface area contributed by atoms with E-state index in [4.69, 9.17) is 17.4 Å². The van der Waals surface area contributed by atoms with Crippen LogP contribution in [-0.2, 0) is 0 Å². The number of hydrazone groups is 1. The SMILES string of the molecule is N/N=C\c1ccccc1Cl. The van der Waals surface area contributed by atoms with Gasteiger partial charge in [0.25, 0.3) is 0 Å². The summed E-state index contributed by atoms with van der Waals surface area (Å²) in [5, 5.41) is 4.02. The summed E-state index contributed by atoms with van der Waals surface area (Å²) in [6.45, 7) is 0. The Balaban J connectivity index is 3.03. The molecule has 2 N–H and O–H groups in total. The Hall–Kier alpha value is -1.02. The number of nitrogens with two attached hydrogens (primary N) is 1. The topological polar surface area (TPSA) is 38.4 Å². The Morgan fingerprint density at radius 1 is 1.40 bits per heavy atom. The summed E-state index contributed by atoms with van der Waals surface area (Å²) in [5.74, 6) is 4.94. The summed E-state index contributed by atoms with van der Waals surface area (Å²) >= 11 is 5.76. The van der Waals surface area contributed by atoms with Crippen molar-refractivity contribution < 1.29 is 0 Å². The van der Waals surface area contributed by atoms with E-state index in [9.17, 15) is 0 Å². The minimum Gasteiger partial charge on any atom is -0.323 e. The number of hydrogen-bond donors (Lipinski definition) is 1. The predicted octanol–water partition coefficient (Wildman–Crippen LogP) is 1.63. The van der Waals surface area contributed by atoms with E-state index < -0.39 is 0 Å². The lowest BCUT2D eigenvalue weighted by molar-refractivity contribution is 1.26. The molecule has 52 valence electrons. The Labute approximate surface area is 64.3 Å². The first-order valence-corrected chi connectivity index (χ1v) is 3.20. The third-order valence-electron chi connectivity index (χ3n) is 1.12. The first-order chi connectivity index (χ1) is 4.84. The Bertz CT molecular complexity index is 245. The molecule has 1 aromatic rings. The smallest absolute Gasteiger partial charge is 0.0553 e. The predicted molar refractivity (Wildman–Crippen MR) is 43.2 cm³/mol. The second-order valence-electron chi connectivity index (χ2n) is 1.80. The molecule has 0 aromatic heterocycles. The molecular weight excluding hydrogens is 148 g/mol. The molecule has 0 aliphatic heterocycles. The van der Waals surface area contributed by atoms with Crippen molar-refractivity contribution >= 4 is 17.8 Å². The molecule has 0 spiro atoms. The van der Waals surface area contributed by atoms with Crippen LogP contribution in [0.5, 0.6) is 0 Å². The fraction of sp³-hybridized carbons (Fsp3) is 0. The summed E-state index contributed by atoms with van der Waals surface area (Å²) in [6.07, 6.45) is 1.52. The van der Waals surface area contributed by atoms with E-state index in [2.05, 4.69) is 5.10 Å². The van der Waals surface area contributed by atoms with Crippen molar-refractivity contribution in [3.05, 3.63) is 34.9 Å². The van der Waals surface area contributed by atoms with E-state index in [1.165, 1.54) is 6.21 Å². The van der Waals surface area contributed by atoms with E-state index >= 15 is 0 Å². The molecule has 0 atom stereocenters. The van der Waals surface area contributed by atoms with Gasteiger partial charge in [0, 0.05) is 10.6 Å². The molecule has 0 amide bonds. The fourth-order valence-corrected chi connectivity index (χ4v) is 0.845. The summed E-state index contributed by atoms with van der Waals surface area (Å²) in [7, 11) is 0. The molecule has 0 unspecified atom stereocenters. The van der Waals surface area contributed by atoms with Gasteiger partial charge < -0.3 is 5.84 Å². The average Bonchev–Trinajstić information content (AvgIpc) is 1.94. The molecule has 0 fully saturated rings. The van der Waals surface area contributed by atoms with Crippen LogP contribution < -0.4 is 5.84 Å². The van der Waals surface area contributed by atoms with Crippen molar-refractivity contribution in [2.45, 2.75) is 0 Å². The summed E-state index contributed by atoms with van der Waals surface area (Å²) in [6, 6.07) is 7.37. The summed E-state index contributed by atoms with van der Waals surface area (Å²) < 4.78 is 0. The average molecular weight is 155 g/mol. The van der Waals surface area contributed by atoms with Gasteiger partial charge in [-0.15, -0.1) is 0 Å². The second-order valence-corrected chi connectivity index (χ2v) is 2.21. The van der Waals surface area contributed by atoms with Gasteiger partial charge in [-0.3, -0.25) is 0 Å². The van der Waals surface area contributed by atoms with Crippen molar-refractivity contribution in [3.8, 4) is 0 Å². The molecule has 0 aliphatic carbocycles. The van der Waals surface area contributed by atoms with Gasteiger partial charge >= 0.3 is 0 Å². The van der Waals surface area contributed by atoms with Gasteiger partial charge in [0.2, 0.25) is 0 Å². The van der Waals surface area contributed by atoms with E-state index in [0.29, 0.717) is 5.02 Å². The highest BCUT2D eigenvalue weighted by molar-refractivity contribution is 6.33. The highest BCUT2D eigenvalue weighted by Crippen LogP contribution is 2.11. The lowest BCUT2D eigenvalue weighted by Gasteiger charge is -1.92. The number of halogens is 1. The van der Waals surface area contributed by atoms with Crippen molar-refractivity contribution in [3.63, 3.8) is 0 Å². The summed E-state index contributed by atoms with van der Waals surface area (Å²) in [5.41, 5.74) is 0.840. The molecule has 1 rings (SSSR count). The van der Waals surface area contributed by atoms with Gasteiger partial charge in [-0.1, -0.05) is 29.8 Å². The molecule has 0 heterocycles. The van der Waals surface area contributed by atoms with E-state index in [0.717, 1.165) is 5.56 Å². The number of benzene rings is 1. The fourth-order valence-electron chi connectivity index (χ4n) is 0.660. The zero-order valence-electron chi connectivity index (χ0n) is 5.29. The Morgan fingerprint density at radius 3 is 2.70 bits per heavy atom. The molecule has 3 heteroatoms. The van der Waals surface area contributed by atoms with Gasteiger partial charge in [0.05, 0.1) is 6.21 Å². The van der Waals surface area contributed by atoms with Crippen LogP contribution in [0, 0.1) is 0 Å². The van der Waals surface area contributed by atoms with E-state index in [-0.39, 0.29) is 0 Å². The van der Waals surface area contributed by atoms with Gasteiger partial charge in [-0.05, 0) is 6.07 Å². The van der Waals surface area contributed by atoms with Gasteiger partial charge in [0.1, 0.15) is 0 Å². The first kappa shape index (κ1) is 7.09. The van der Waals surface area contributed by atoms with Crippen LogP contribution in [0.2, 0.25) is 5.02 Å². The monoisotopic (exact) mass is 154 g/mol. The lowest BCUT2D eigenvalue weighted by atomic mass is 10.2. The van der Waals surface area contributed by atoms with Gasteiger partial charge in [-0.25, -0.2) is 0 Å². The second kappa shape index (κ2) is 3.22. The molecule has 0 saturated heterocycles. The molecule has 0 bridgehead atoms. The minimum absolute atomic E-state index is 0.664. The van der Waals surface area contributed by atoms with Crippen LogP contribution in [0.15, 0.2) is 29.4 Å². The van der Waals surface area contributed by atoms with E-state index in [1.807, 2.05) is 18.2 Å². The number of rotatable bonds is 1. The quantitative estimate of drug-likeness (QED) is 0.373. The molecule has 2 nitrogen and oxygen atoms in total. The minimum atomic E-state index is 0.664. The zero-order chi connectivity index (χ0) is 7.40. The maximum atomic E-state index is 5.76. The lowest BCUT2D eigenvalue weighted by Crippen LogP contribution is -1.86. The molecule has 0 saturated carbocycles. The first-order valence-electron chi connectivity index (χ1n) is 2.82. The highest BCUT2D eigenvalue weighted by Gasteiger charge is 1.91. The van der Waals surface area contributed by atoms with Crippen LogP contribution in [0.1, 0.15) is 5.56 Å². The molecule has 0 aliphatic rings. The largest absolute Gasteiger partial charge is 0.323 e. The van der Waals surface area contributed by atoms with Crippen molar-refractivity contribution in [1.82, 2.24) is 0 Å². The van der Waals surface area contributed by atoms with Crippen LogP contribution >= 0.6 is 11.6 Å². The Morgan fingerprint density at radius 2 is 2.10 bits per heavy atom. The molecule has 1 aromatic carbocycles. The van der Waals surface area contributed by atoms with Crippen molar-refractivity contribution in [2.24, 2.45) is 10.9 Å². The molecular formula is C7H7ClN2. The number of hydrogen-bond acceptors (Lipinski definition) is 2. The van der Waals surface area contributed by atoms with Crippen molar-refractivity contribution in [2.75, 3.05) is 0 Å². The zero-order valence-corrected chi connectivity index (χ0v) is 6.05.